The Balaban J connectivity index is 1.83. The van der Waals surface area contributed by atoms with E-state index < -0.39 is 5.60 Å². The van der Waals surface area contributed by atoms with Crippen molar-refractivity contribution in [3.05, 3.63) is 0 Å². The molecule has 0 spiro atoms. The maximum Gasteiger partial charge on any atom is 0.410 e. The highest BCUT2D eigenvalue weighted by Crippen LogP contribution is 2.21. The van der Waals surface area contributed by atoms with Crippen LogP contribution in [0.1, 0.15) is 27.2 Å². The van der Waals surface area contributed by atoms with Crippen molar-refractivity contribution in [3.63, 3.8) is 0 Å². The fourth-order valence-electron chi connectivity index (χ4n) is 3.12. The maximum absolute atomic E-state index is 12.2. The molecule has 0 aromatic carbocycles. The van der Waals surface area contributed by atoms with E-state index in [4.69, 9.17) is 9.47 Å². The van der Waals surface area contributed by atoms with Crippen LogP contribution in [0.2, 0.25) is 0 Å². The van der Waals surface area contributed by atoms with Crippen LogP contribution in [0, 0.1) is 0 Å². The van der Waals surface area contributed by atoms with Gasteiger partial charge in [0.25, 0.3) is 0 Å². The summed E-state index contributed by atoms with van der Waals surface area (Å²) in [4.78, 5) is 18.6. The molecule has 2 rings (SSSR count). The number of hydrogen-bond donors (Lipinski definition) is 0. The molecule has 6 nitrogen and oxygen atoms in total. The number of amides is 1. The SMILES string of the molecule is CN(C)CC1CN([C@H]2CCN(C(=O)OC(C)(C)C)C2)CCO1. The first-order valence-electron chi connectivity index (χ1n) is 8.23. The predicted molar refractivity (Wildman–Crippen MR) is 86.1 cm³/mol. The van der Waals surface area contributed by atoms with Gasteiger partial charge < -0.3 is 19.3 Å². The number of ether oxygens (including phenoxy) is 2. The monoisotopic (exact) mass is 313 g/mol. The highest BCUT2D eigenvalue weighted by atomic mass is 16.6. The van der Waals surface area contributed by atoms with Crippen LogP contribution in [0.5, 0.6) is 0 Å². The second kappa shape index (κ2) is 7.15. The molecule has 128 valence electrons. The lowest BCUT2D eigenvalue weighted by Gasteiger charge is -2.37. The molecule has 0 aromatic rings. The first-order valence-corrected chi connectivity index (χ1v) is 8.23. The summed E-state index contributed by atoms with van der Waals surface area (Å²) in [5.74, 6) is 0. The van der Waals surface area contributed by atoms with Gasteiger partial charge in [-0.3, -0.25) is 4.90 Å². The van der Waals surface area contributed by atoms with Crippen LogP contribution in [-0.2, 0) is 9.47 Å². The van der Waals surface area contributed by atoms with Crippen LogP contribution < -0.4 is 0 Å². The van der Waals surface area contributed by atoms with Gasteiger partial charge in [-0.05, 0) is 41.3 Å². The Morgan fingerprint density at radius 2 is 2.00 bits per heavy atom. The topological polar surface area (TPSA) is 45.2 Å². The third-order valence-corrected chi connectivity index (χ3v) is 4.07. The maximum atomic E-state index is 12.2. The van der Waals surface area contributed by atoms with Crippen LogP contribution >= 0.6 is 0 Å². The van der Waals surface area contributed by atoms with Crippen molar-refractivity contribution in [2.75, 3.05) is 53.4 Å². The highest BCUT2D eigenvalue weighted by molar-refractivity contribution is 5.68. The molecule has 1 unspecified atom stereocenters. The molecule has 0 N–H and O–H groups in total. The summed E-state index contributed by atoms with van der Waals surface area (Å²) < 4.78 is 11.3. The number of likely N-dealkylation sites (tertiary alicyclic amines) is 1. The normalized spacial score (nSPS) is 27.5. The standard InChI is InChI=1S/C16H31N3O3/c1-16(2,3)22-15(20)19-7-6-13(10-19)18-8-9-21-14(12-18)11-17(4)5/h13-14H,6-12H2,1-5H3/t13-,14?/m0/s1. The van der Waals surface area contributed by atoms with Crippen molar-refractivity contribution < 1.29 is 14.3 Å². The van der Waals surface area contributed by atoms with Gasteiger partial charge >= 0.3 is 6.09 Å². The van der Waals surface area contributed by atoms with Crippen molar-refractivity contribution in [2.45, 2.75) is 44.9 Å². The first-order chi connectivity index (χ1) is 10.2. The number of nitrogens with zero attached hydrogens (tertiary/aromatic N) is 3. The molecule has 22 heavy (non-hydrogen) atoms. The van der Waals surface area contributed by atoms with E-state index in [9.17, 15) is 4.79 Å². The zero-order valence-electron chi connectivity index (χ0n) is 14.7. The quantitative estimate of drug-likeness (QED) is 0.785. The molecule has 0 aromatic heterocycles. The van der Waals surface area contributed by atoms with Gasteiger partial charge in [-0.1, -0.05) is 0 Å². The Morgan fingerprint density at radius 1 is 1.27 bits per heavy atom. The summed E-state index contributed by atoms with van der Waals surface area (Å²) >= 11 is 0. The lowest BCUT2D eigenvalue weighted by Crippen LogP contribution is -2.51. The molecule has 2 aliphatic rings. The Kier molecular flexibility index (Phi) is 5.69. The molecule has 2 heterocycles. The molecular formula is C16H31N3O3. The van der Waals surface area contributed by atoms with Gasteiger partial charge in [0.05, 0.1) is 12.7 Å². The van der Waals surface area contributed by atoms with Crippen molar-refractivity contribution in [3.8, 4) is 0 Å². The molecule has 0 saturated carbocycles. The Labute approximate surface area is 134 Å². The van der Waals surface area contributed by atoms with Gasteiger partial charge in [0.2, 0.25) is 0 Å². The number of morpholine rings is 1. The summed E-state index contributed by atoms with van der Waals surface area (Å²) in [5.41, 5.74) is -0.426. The average molecular weight is 313 g/mol. The van der Waals surface area contributed by atoms with Gasteiger partial charge in [-0.2, -0.15) is 0 Å². The predicted octanol–water partition coefficient (Wildman–Crippen LogP) is 1.26. The van der Waals surface area contributed by atoms with E-state index in [2.05, 4.69) is 23.9 Å². The second-order valence-corrected chi connectivity index (χ2v) is 7.62. The van der Waals surface area contributed by atoms with E-state index in [-0.39, 0.29) is 12.2 Å². The third kappa shape index (κ3) is 5.11. The van der Waals surface area contributed by atoms with Crippen LogP contribution in [0.3, 0.4) is 0 Å². The van der Waals surface area contributed by atoms with Crippen LogP contribution in [0.15, 0.2) is 0 Å². The Hall–Kier alpha value is -0.850. The minimum absolute atomic E-state index is 0.187. The summed E-state index contributed by atoms with van der Waals surface area (Å²) in [6.45, 7) is 10.9. The average Bonchev–Trinajstić information content (AvgIpc) is 2.85. The Morgan fingerprint density at radius 3 is 2.64 bits per heavy atom. The minimum Gasteiger partial charge on any atom is -0.444 e. The number of likely N-dealkylation sites (N-methyl/N-ethyl adjacent to an activating group) is 1. The number of carbonyl (C=O) groups excluding carboxylic acids is 1. The number of hydrogen-bond acceptors (Lipinski definition) is 5. The van der Waals surface area contributed by atoms with Crippen molar-refractivity contribution in [1.82, 2.24) is 14.7 Å². The number of carbonyl (C=O) groups is 1. The summed E-state index contributed by atoms with van der Waals surface area (Å²) in [5, 5.41) is 0. The van der Waals surface area contributed by atoms with E-state index in [1.165, 1.54) is 0 Å². The molecule has 0 radical (unpaired) electrons. The smallest absolute Gasteiger partial charge is 0.410 e. The highest BCUT2D eigenvalue weighted by Gasteiger charge is 2.35. The molecule has 0 aliphatic carbocycles. The van der Waals surface area contributed by atoms with Crippen LogP contribution in [0.25, 0.3) is 0 Å². The largest absolute Gasteiger partial charge is 0.444 e. The van der Waals surface area contributed by atoms with E-state index >= 15 is 0 Å². The second-order valence-electron chi connectivity index (χ2n) is 7.62. The molecule has 2 aliphatic heterocycles. The van der Waals surface area contributed by atoms with E-state index in [1.807, 2.05) is 25.7 Å². The molecule has 1 amide bonds. The van der Waals surface area contributed by atoms with Gasteiger partial charge in [0.1, 0.15) is 5.60 Å². The fraction of sp³-hybridized carbons (Fsp3) is 0.938. The third-order valence-electron chi connectivity index (χ3n) is 4.07. The van der Waals surface area contributed by atoms with E-state index in [0.29, 0.717) is 6.04 Å². The van der Waals surface area contributed by atoms with Gasteiger partial charge in [-0.15, -0.1) is 0 Å². The Bertz CT molecular complexity index is 381. The minimum atomic E-state index is -0.426. The first kappa shape index (κ1) is 17.5. The zero-order chi connectivity index (χ0) is 16.3. The molecule has 6 heteroatoms. The van der Waals surface area contributed by atoms with Crippen LogP contribution in [0.4, 0.5) is 4.79 Å². The summed E-state index contributed by atoms with van der Waals surface area (Å²) in [7, 11) is 4.14. The lowest BCUT2D eigenvalue weighted by molar-refractivity contribution is -0.0504. The van der Waals surface area contributed by atoms with Crippen molar-refractivity contribution >= 4 is 6.09 Å². The van der Waals surface area contributed by atoms with Crippen molar-refractivity contribution in [2.24, 2.45) is 0 Å². The molecule has 2 saturated heterocycles. The summed E-state index contributed by atoms with van der Waals surface area (Å²) in [6, 6.07) is 0.432. The molecule has 2 atom stereocenters. The summed E-state index contributed by atoms with van der Waals surface area (Å²) in [6.07, 6.45) is 1.10. The lowest BCUT2D eigenvalue weighted by atomic mass is 10.1. The van der Waals surface area contributed by atoms with Gasteiger partial charge in [0, 0.05) is 38.8 Å². The molecule has 0 bridgehead atoms. The van der Waals surface area contributed by atoms with Gasteiger partial charge in [-0.25, -0.2) is 4.79 Å². The molecule has 2 fully saturated rings. The van der Waals surface area contributed by atoms with Crippen LogP contribution in [-0.4, -0.2) is 92.0 Å². The van der Waals surface area contributed by atoms with Crippen molar-refractivity contribution in [1.29, 1.82) is 0 Å². The molecular weight excluding hydrogens is 282 g/mol. The van der Waals surface area contributed by atoms with E-state index in [1.54, 1.807) is 0 Å². The zero-order valence-corrected chi connectivity index (χ0v) is 14.7. The number of rotatable bonds is 3. The fourth-order valence-corrected chi connectivity index (χ4v) is 3.12. The van der Waals surface area contributed by atoms with Gasteiger partial charge in [0.15, 0.2) is 0 Å². The van der Waals surface area contributed by atoms with E-state index in [0.717, 1.165) is 45.8 Å².